The molecule has 2 heterocycles. The maximum Gasteiger partial charge on any atom is 0.210 e. The maximum atomic E-state index is 9.83. The van der Waals surface area contributed by atoms with Gasteiger partial charge in [-0.25, -0.2) is 4.98 Å². The Kier molecular flexibility index (Phi) is 2.46. The van der Waals surface area contributed by atoms with Crippen molar-refractivity contribution < 1.29 is 5.11 Å². The highest BCUT2D eigenvalue weighted by atomic mass is 35.5. The van der Waals surface area contributed by atoms with Gasteiger partial charge in [0.05, 0.1) is 11.6 Å². The zero-order valence-electron chi connectivity index (χ0n) is 9.92. The summed E-state index contributed by atoms with van der Waals surface area (Å²) in [5.41, 5.74) is 3.10. The van der Waals surface area contributed by atoms with E-state index in [0.29, 0.717) is 11.2 Å². The summed E-state index contributed by atoms with van der Waals surface area (Å²) in [7, 11) is 0. The molecule has 2 aromatic heterocycles. The van der Waals surface area contributed by atoms with Gasteiger partial charge in [-0.3, -0.25) is 4.40 Å². The number of aryl methyl sites for hydroxylation is 1. The fraction of sp³-hybridized carbons (Fsp3) is 0.250. The topological polar surface area (TPSA) is 63.3 Å². The van der Waals surface area contributed by atoms with Gasteiger partial charge in [-0.15, -0.1) is 10.2 Å². The molecule has 0 saturated carbocycles. The van der Waals surface area contributed by atoms with Gasteiger partial charge in [-0.1, -0.05) is 6.07 Å². The Morgan fingerprint density at radius 3 is 2.89 bits per heavy atom. The Bertz CT molecular complexity index is 750. The number of nitrogens with zero attached hydrogens (tertiary/aromatic N) is 4. The van der Waals surface area contributed by atoms with E-state index in [1.165, 1.54) is 6.33 Å². The van der Waals surface area contributed by atoms with Crippen molar-refractivity contribution in [2.45, 2.75) is 20.0 Å². The number of benzene rings is 1. The number of fused-ring (bicyclic) bond motifs is 3. The molecule has 0 aliphatic heterocycles. The lowest BCUT2D eigenvalue weighted by Gasteiger charge is -2.11. The summed E-state index contributed by atoms with van der Waals surface area (Å²) in [5.74, 6) is 0. The van der Waals surface area contributed by atoms with Crippen LogP contribution in [0.5, 0.6) is 0 Å². The zero-order chi connectivity index (χ0) is 12.9. The van der Waals surface area contributed by atoms with Gasteiger partial charge < -0.3 is 5.11 Å². The van der Waals surface area contributed by atoms with E-state index in [4.69, 9.17) is 11.6 Å². The SMILES string of the molecule is Cc1cc(C(C)O)c2nc(Cl)n3cnnc3c2c1. The van der Waals surface area contributed by atoms with Crippen LogP contribution in [0.15, 0.2) is 18.5 Å². The van der Waals surface area contributed by atoms with E-state index < -0.39 is 6.10 Å². The highest BCUT2D eigenvalue weighted by Crippen LogP contribution is 2.28. The van der Waals surface area contributed by atoms with Crippen LogP contribution in [-0.2, 0) is 0 Å². The number of aromatic nitrogens is 4. The minimum atomic E-state index is -0.610. The predicted octanol–water partition coefficient (Wildman–Crippen LogP) is 2.29. The highest BCUT2D eigenvalue weighted by Gasteiger charge is 2.14. The minimum absolute atomic E-state index is 0.285. The van der Waals surface area contributed by atoms with Crippen molar-refractivity contribution in [1.82, 2.24) is 19.6 Å². The van der Waals surface area contributed by atoms with Crippen molar-refractivity contribution in [3.63, 3.8) is 0 Å². The molecule has 5 nitrogen and oxygen atoms in total. The first-order valence-corrected chi connectivity index (χ1v) is 5.93. The van der Waals surface area contributed by atoms with Gasteiger partial charge in [0.2, 0.25) is 5.28 Å². The first-order chi connectivity index (χ1) is 8.58. The second kappa shape index (κ2) is 3.90. The van der Waals surface area contributed by atoms with Crippen molar-refractivity contribution >= 4 is 28.2 Å². The average molecular weight is 263 g/mol. The standard InChI is InChI=1S/C12H11ClN4O/c1-6-3-8(7(2)18)10-9(4-6)11-16-14-5-17(11)12(13)15-10/h3-5,7,18H,1-2H3. The van der Waals surface area contributed by atoms with Crippen LogP contribution in [0.3, 0.4) is 0 Å². The average Bonchev–Trinajstić information content (AvgIpc) is 2.79. The highest BCUT2D eigenvalue weighted by molar-refractivity contribution is 6.29. The van der Waals surface area contributed by atoms with E-state index in [9.17, 15) is 5.11 Å². The summed E-state index contributed by atoms with van der Waals surface area (Å²) in [4.78, 5) is 4.33. The van der Waals surface area contributed by atoms with Gasteiger partial charge in [0.1, 0.15) is 6.33 Å². The largest absolute Gasteiger partial charge is 0.389 e. The first-order valence-electron chi connectivity index (χ1n) is 5.55. The second-order valence-corrected chi connectivity index (χ2v) is 4.67. The number of hydrogen-bond acceptors (Lipinski definition) is 4. The molecular weight excluding hydrogens is 252 g/mol. The lowest BCUT2D eigenvalue weighted by atomic mass is 10.0. The van der Waals surface area contributed by atoms with E-state index >= 15 is 0 Å². The van der Waals surface area contributed by atoms with Gasteiger partial charge in [0, 0.05) is 10.9 Å². The number of aliphatic hydroxyl groups is 1. The molecule has 92 valence electrons. The Morgan fingerprint density at radius 2 is 2.17 bits per heavy atom. The third-order valence-corrected chi connectivity index (χ3v) is 3.19. The summed E-state index contributed by atoms with van der Waals surface area (Å²) >= 11 is 6.08. The van der Waals surface area contributed by atoms with Crippen LogP contribution in [0, 0.1) is 6.92 Å². The van der Waals surface area contributed by atoms with Crippen LogP contribution in [0.1, 0.15) is 24.2 Å². The zero-order valence-corrected chi connectivity index (χ0v) is 10.7. The first kappa shape index (κ1) is 11.4. The molecule has 3 aromatic rings. The molecule has 1 unspecified atom stereocenters. The van der Waals surface area contributed by atoms with Crippen molar-refractivity contribution in [3.8, 4) is 0 Å². The molecule has 0 aliphatic carbocycles. The van der Waals surface area contributed by atoms with Crippen LogP contribution < -0.4 is 0 Å². The maximum absolute atomic E-state index is 9.83. The number of halogens is 1. The van der Waals surface area contributed by atoms with E-state index in [-0.39, 0.29) is 5.28 Å². The minimum Gasteiger partial charge on any atom is -0.389 e. The smallest absolute Gasteiger partial charge is 0.210 e. The molecular formula is C12H11ClN4O. The molecule has 0 aliphatic rings. The molecule has 1 N–H and O–H groups in total. The van der Waals surface area contributed by atoms with Gasteiger partial charge in [0.25, 0.3) is 0 Å². The molecule has 3 rings (SSSR count). The second-order valence-electron chi connectivity index (χ2n) is 4.33. The lowest BCUT2D eigenvalue weighted by molar-refractivity contribution is 0.200. The quantitative estimate of drug-likeness (QED) is 0.684. The Balaban J connectivity index is 2.55. The van der Waals surface area contributed by atoms with Gasteiger partial charge >= 0.3 is 0 Å². The summed E-state index contributed by atoms with van der Waals surface area (Å²) in [5, 5.41) is 18.9. The Hall–Kier alpha value is -1.72. The monoisotopic (exact) mass is 262 g/mol. The van der Waals surface area contributed by atoms with Gasteiger partial charge in [-0.05, 0) is 37.1 Å². The summed E-state index contributed by atoms with van der Waals surface area (Å²) in [6.07, 6.45) is 0.912. The molecule has 6 heteroatoms. The molecule has 18 heavy (non-hydrogen) atoms. The molecule has 0 spiro atoms. The van der Waals surface area contributed by atoms with E-state index in [0.717, 1.165) is 16.5 Å². The third-order valence-electron chi connectivity index (χ3n) is 2.93. The van der Waals surface area contributed by atoms with Crippen LogP contribution in [0.2, 0.25) is 5.28 Å². The molecule has 1 aromatic carbocycles. The van der Waals surface area contributed by atoms with Crippen molar-refractivity contribution in [2.24, 2.45) is 0 Å². The number of aliphatic hydroxyl groups excluding tert-OH is 1. The van der Waals surface area contributed by atoms with E-state index in [1.807, 2.05) is 19.1 Å². The van der Waals surface area contributed by atoms with Gasteiger partial charge in [0.15, 0.2) is 5.65 Å². The Morgan fingerprint density at radius 1 is 1.39 bits per heavy atom. The predicted molar refractivity (Wildman–Crippen MR) is 68.7 cm³/mol. The van der Waals surface area contributed by atoms with Crippen molar-refractivity contribution in [1.29, 1.82) is 0 Å². The van der Waals surface area contributed by atoms with Crippen LogP contribution in [-0.4, -0.2) is 24.7 Å². The van der Waals surface area contributed by atoms with E-state index in [2.05, 4.69) is 15.2 Å². The number of hydrogen-bond donors (Lipinski definition) is 1. The lowest BCUT2D eigenvalue weighted by Crippen LogP contribution is -1.99. The fourth-order valence-electron chi connectivity index (χ4n) is 2.12. The summed E-state index contributed by atoms with van der Waals surface area (Å²) in [6.45, 7) is 3.67. The molecule has 1 atom stereocenters. The molecule has 0 amide bonds. The third kappa shape index (κ3) is 1.55. The summed E-state index contributed by atoms with van der Waals surface area (Å²) < 4.78 is 1.62. The summed E-state index contributed by atoms with van der Waals surface area (Å²) in [6, 6.07) is 3.87. The van der Waals surface area contributed by atoms with E-state index in [1.54, 1.807) is 11.3 Å². The van der Waals surface area contributed by atoms with Crippen LogP contribution in [0.25, 0.3) is 16.6 Å². The van der Waals surface area contributed by atoms with Crippen LogP contribution >= 0.6 is 11.6 Å². The molecule has 0 bridgehead atoms. The molecule has 0 radical (unpaired) electrons. The fourth-order valence-corrected chi connectivity index (χ4v) is 2.33. The molecule has 0 fully saturated rings. The molecule has 0 saturated heterocycles. The van der Waals surface area contributed by atoms with Crippen molar-refractivity contribution in [3.05, 3.63) is 34.9 Å². The van der Waals surface area contributed by atoms with Crippen molar-refractivity contribution in [2.75, 3.05) is 0 Å². The van der Waals surface area contributed by atoms with Gasteiger partial charge in [-0.2, -0.15) is 0 Å². The Labute approximate surface area is 108 Å². The normalized spacial score (nSPS) is 13.3. The number of rotatable bonds is 1. The van der Waals surface area contributed by atoms with Crippen LogP contribution in [0.4, 0.5) is 0 Å².